The van der Waals surface area contributed by atoms with Gasteiger partial charge < -0.3 is 14.8 Å². The van der Waals surface area contributed by atoms with Crippen LogP contribution in [0.15, 0.2) is 29.6 Å². The van der Waals surface area contributed by atoms with Crippen molar-refractivity contribution in [3.63, 3.8) is 0 Å². The summed E-state index contributed by atoms with van der Waals surface area (Å²) in [6, 6.07) is 8.02. The van der Waals surface area contributed by atoms with Crippen LogP contribution < -0.4 is 10.1 Å². The van der Waals surface area contributed by atoms with E-state index in [4.69, 9.17) is 14.5 Å². The number of aromatic nitrogens is 1. The van der Waals surface area contributed by atoms with Gasteiger partial charge >= 0.3 is 0 Å². The maximum atomic E-state index is 5.75. The number of nitrogens with one attached hydrogen (secondary N) is 1. The summed E-state index contributed by atoms with van der Waals surface area (Å²) in [5, 5.41) is 6.43. The number of hydrogen-bond donors (Lipinski definition) is 1. The molecule has 2 heterocycles. The molecule has 1 aliphatic heterocycles. The summed E-state index contributed by atoms with van der Waals surface area (Å²) in [6.07, 6.45) is 0.0711. The Bertz CT molecular complexity index is 565. The third kappa shape index (κ3) is 2.85. The molecule has 4 nitrogen and oxygen atoms in total. The first-order chi connectivity index (χ1) is 9.88. The lowest BCUT2D eigenvalue weighted by Crippen LogP contribution is -2.33. The molecule has 1 N–H and O–H groups in total. The topological polar surface area (TPSA) is 43.4 Å². The summed E-state index contributed by atoms with van der Waals surface area (Å²) in [6.45, 7) is 5.14. The fourth-order valence-corrected chi connectivity index (χ4v) is 3.11. The summed E-state index contributed by atoms with van der Waals surface area (Å²) in [7, 11) is 0. The second-order valence-electron chi connectivity index (χ2n) is 4.56. The fraction of sp³-hybridized carbons (Fsp3) is 0.400. The molecule has 3 rings (SSSR count). The van der Waals surface area contributed by atoms with Gasteiger partial charge in [-0.1, -0.05) is 12.1 Å². The van der Waals surface area contributed by atoms with Crippen LogP contribution >= 0.6 is 11.3 Å². The number of rotatable bonds is 4. The third-order valence-electron chi connectivity index (χ3n) is 3.19. The molecule has 0 spiro atoms. The first-order valence-electron chi connectivity index (χ1n) is 6.88. The molecule has 0 saturated carbocycles. The number of morpholine rings is 1. The van der Waals surface area contributed by atoms with E-state index in [1.165, 1.54) is 0 Å². The van der Waals surface area contributed by atoms with Crippen molar-refractivity contribution in [1.29, 1.82) is 0 Å². The van der Waals surface area contributed by atoms with Crippen molar-refractivity contribution in [2.75, 3.05) is 26.3 Å². The number of ether oxygens (including phenoxy) is 2. The fourth-order valence-electron chi connectivity index (χ4n) is 2.24. The molecule has 1 aromatic heterocycles. The summed E-state index contributed by atoms with van der Waals surface area (Å²) in [4.78, 5) is 4.72. The summed E-state index contributed by atoms with van der Waals surface area (Å²) < 4.78 is 11.4. The van der Waals surface area contributed by atoms with Gasteiger partial charge in [0.05, 0.1) is 18.9 Å². The van der Waals surface area contributed by atoms with Crippen LogP contribution in [0.3, 0.4) is 0 Å². The molecular weight excluding hydrogens is 272 g/mol. The van der Waals surface area contributed by atoms with Crippen LogP contribution in [0, 0.1) is 0 Å². The summed E-state index contributed by atoms with van der Waals surface area (Å²) in [5.41, 5.74) is 2.00. The Morgan fingerprint density at radius 1 is 1.45 bits per heavy atom. The van der Waals surface area contributed by atoms with Gasteiger partial charge in [0.1, 0.15) is 16.9 Å². The first-order valence-corrected chi connectivity index (χ1v) is 7.76. The molecule has 0 aliphatic carbocycles. The SMILES string of the molecule is CCOc1ccccc1-c1csc(C2CNCCO2)n1. The van der Waals surface area contributed by atoms with E-state index in [-0.39, 0.29) is 6.10 Å². The maximum absolute atomic E-state index is 5.75. The van der Waals surface area contributed by atoms with Gasteiger partial charge in [0, 0.05) is 24.0 Å². The van der Waals surface area contributed by atoms with Gasteiger partial charge in [-0.3, -0.25) is 0 Å². The second kappa shape index (κ2) is 6.35. The van der Waals surface area contributed by atoms with E-state index in [1.54, 1.807) is 11.3 Å². The standard InChI is InChI=1S/C15H18N2O2S/c1-2-18-13-6-4-3-5-11(13)12-10-20-15(17-12)14-9-16-7-8-19-14/h3-6,10,14,16H,2,7-9H2,1H3. The molecular formula is C15H18N2O2S. The maximum Gasteiger partial charge on any atom is 0.128 e. The van der Waals surface area contributed by atoms with Gasteiger partial charge in [-0.05, 0) is 19.1 Å². The largest absolute Gasteiger partial charge is 0.493 e. The smallest absolute Gasteiger partial charge is 0.128 e. The van der Waals surface area contributed by atoms with Crippen molar-refractivity contribution in [1.82, 2.24) is 10.3 Å². The molecule has 5 heteroatoms. The predicted octanol–water partition coefficient (Wildman–Crippen LogP) is 2.87. The lowest BCUT2D eigenvalue weighted by molar-refractivity contribution is 0.0276. The molecule has 20 heavy (non-hydrogen) atoms. The van der Waals surface area contributed by atoms with Crippen molar-refractivity contribution < 1.29 is 9.47 Å². The molecule has 1 atom stereocenters. The highest BCUT2D eigenvalue weighted by atomic mass is 32.1. The Hall–Kier alpha value is -1.43. The van der Waals surface area contributed by atoms with Crippen molar-refractivity contribution >= 4 is 11.3 Å². The Labute approximate surface area is 122 Å². The number of hydrogen-bond acceptors (Lipinski definition) is 5. The Kier molecular flexibility index (Phi) is 4.30. The molecule has 0 amide bonds. The minimum Gasteiger partial charge on any atom is -0.493 e. The van der Waals surface area contributed by atoms with Gasteiger partial charge in [0.15, 0.2) is 0 Å². The van der Waals surface area contributed by atoms with Crippen LogP contribution in [0.2, 0.25) is 0 Å². The highest BCUT2D eigenvalue weighted by molar-refractivity contribution is 7.10. The van der Waals surface area contributed by atoms with Crippen molar-refractivity contribution in [3.05, 3.63) is 34.7 Å². The van der Waals surface area contributed by atoms with E-state index in [9.17, 15) is 0 Å². The minimum atomic E-state index is 0.0711. The minimum absolute atomic E-state index is 0.0711. The van der Waals surface area contributed by atoms with E-state index < -0.39 is 0 Å². The number of nitrogens with zero attached hydrogens (tertiary/aromatic N) is 1. The van der Waals surface area contributed by atoms with Crippen molar-refractivity contribution in [2.45, 2.75) is 13.0 Å². The number of para-hydroxylation sites is 1. The van der Waals surface area contributed by atoms with Crippen molar-refractivity contribution in [3.8, 4) is 17.0 Å². The van der Waals surface area contributed by atoms with Crippen LogP contribution in [0.1, 0.15) is 18.0 Å². The van der Waals surface area contributed by atoms with E-state index in [0.29, 0.717) is 6.61 Å². The monoisotopic (exact) mass is 290 g/mol. The van der Waals surface area contributed by atoms with Crippen LogP contribution in [0.25, 0.3) is 11.3 Å². The quantitative estimate of drug-likeness (QED) is 0.940. The number of thiazole rings is 1. The zero-order valence-electron chi connectivity index (χ0n) is 11.5. The van der Waals surface area contributed by atoms with Gasteiger partial charge in [0.2, 0.25) is 0 Å². The highest BCUT2D eigenvalue weighted by Gasteiger charge is 2.20. The van der Waals surface area contributed by atoms with Gasteiger partial charge in [-0.25, -0.2) is 4.98 Å². The van der Waals surface area contributed by atoms with Crippen LogP contribution in [0.5, 0.6) is 5.75 Å². The zero-order valence-corrected chi connectivity index (χ0v) is 12.3. The normalized spacial score (nSPS) is 18.9. The molecule has 0 radical (unpaired) electrons. The Morgan fingerprint density at radius 2 is 2.35 bits per heavy atom. The average Bonchev–Trinajstić information content (AvgIpc) is 2.99. The molecule has 0 bridgehead atoms. The van der Waals surface area contributed by atoms with Crippen LogP contribution in [-0.2, 0) is 4.74 Å². The Balaban J connectivity index is 1.86. The van der Waals surface area contributed by atoms with Crippen LogP contribution in [-0.4, -0.2) is 31.3 Å². The summed E-state index contributed by atoms with van der Waals surface area (Å²) in [5.74, 6) is 0.884. The highest BCUT2D eigenvalue weighted by Crippen LogP contribution is 2.33. The van der Waals surface area contributed by atoms with Crippen LogP contribution in [0.4, 0.5) is 0 Å². The van der Waals surface area contributed by atoms with Crippen molar-refractivity contribution in [2.24, 2.45) is 0 Å². The number of benzene rings is 1. The van der Waals surface area contributed by atoms with Gasteiger partial charge in [0.25, 0.3) is 0 Å². The van der Waals surface area contributed by atoms with Gasteiger partial charge in [-0.15, -0.1) is 11.3 Å². The molecule has 1 aromatic carbocycles. The average molecular weight is 290 g/mol. The first kappa shape index (κ1) is 13.5. The van der Waals surface area contributed by atoms with E-state index >= 15 is 0 Å². The zero-order chi connectivity index (χ0) is 13.8. The van der Waals surface area contributed by atoms with E-state index in [2.05, 4.69) is 10.7 Å². The molecule has 1 fully saturated rings. The van der Waals surface area contributed by atoms with E-state index in [0.717, 1.165) is 41.7 Å². The molecule has 106 valence electrons. The molecule has 1 saturated heterocycles. The second-order valence-corrected chi connectivity index (χ2v) is 5.45. The van der Waals surface area contributed by atoms with E-state index in [1.807, 2.05) is 31.2 Å². The lowest BCUT2D eigenvalue weighted by atomic mass is 10.1. The molecule has 1 aliphatic rings. The van der Waals surface area contributed by atoms with Gasteiger partial charge in [-0.2, -0.15) is 0 Å². The Morgan fingerprint density at radius 3 is 3.15 bits per heavy atom. The summed E-state index contributed by atoms with van der Waals surface area (Å²) >= 11 is 1.65. The molecule has 1 unspecified atom stereocenters. The lowest BCUT2D eigenvalue weighted by Gasteiger charge is -2.21. The third-order valence-corrected chi connectivity index (χ3v) is 4.12. The molecule has 2 aromatic rings. The predicted molar refractivity (Wildman–Crippen MR) is 80.3 cm³/mol.